The highest BCUT2D eigenvalue weighted by Gasteiger charge is 2.11. The van der Waals surface area contributed by atoms with E-state index in [2.05, 4.69) is 20.7 Å². The summed E-state index contributed by atoms with van der Waals surface area (Å²) in [7, 11) is 3.13. The lowest BCUT2D eigenvalue weighted by molar-refractivity contribution is 0.0950. The summed E-state index contributed by atoms with van der Waals surface area (Å²) in [5.74, 6) is 1.55. The predicted octanol–water partition coefficient (Wildman–Crippen LogP) is 5.09. The lowest BCUT2D eigenvalue weighted by Crippen LogP contribution is -2.18. The molecule has 0 aliphatic rings. The van der Waals surface area contributed by atoms with Gasteiger partial charge in [0, 0.05) is 16.1 Å². The zero-order chi connectivity index (χ0) is 24.6. The third-order valence-electron chi connectivity index (χ3n) is 5.10. The number of benzene rings is 3. The molecule has 0 radical (unpaired) electrons. The maximum Gasteiger partial charge on any atom is 0.289 e. The highest BCUT2D eigenvalue weighted by Crippen LogP contribution is 2.23. The van der Waals surface area contributed by atoms with Crippen molar-refractivity contribution in [3.8, 4) is 28.5 Å². The molecule has 0 aliphatic carbocycles. The minimum atomic E-state index is -0.426. The van der Waals surface area contributed by atoms with E-state index in [0.717, 1.165) is 16.9 Å². The fourth-order valence-electron chi connectivity index (χ4n) is 3.22. The van der Waals surface area contributed by atoms with Gasteiger partial charge in [0.25, 0.3) is 5.91 Å². The first-order chi connectivity index (χ1) is 17.1. The number of hydrazone groups is 1. The van der Waals surface area contributed by atoms with Gasteiger partial charge in [-0.25, -0.2) is 5.43 Å². The second kappa shape index (κ2) is 11.2. The molecule has 2 N–H and O–H groups in total. The van der Waals surface area contributed by atoms with Gasteiger partial charge in [0.15, 0.2) is 0 Å². The predicted molar refractivity (Wildman–Crippen MR) is 134 cm³/mol. The molecule has 0 saturated heterocycles. The molecular weight excluding hydrogens is 468 g/mol. The molecule has 0 fully saturated rings. The minimum Gasteiger partial charge on any atom is -0.497 e. The second-order valence-corrected chi connectivity index (χ2v) is 7.85. The molecule has 1 heterocycles. The highest BCUT2D eigenvalue weighted by atomic mass is 35.5. The van der Waals surface area contributed by atoms with Crippen LogP contribution in [-0.2, 0) is 6.61 Å². The van der Waals surface area contributed by atoms with Gasteiger partial charge in [-0.3, -0.25) is 9.89 Å². The van der Waals surface area contributed by atoms with E-state index in [0.29, 0.717) is 34.4 Å². The maximum atomic E-state index is 12.5. The molecule has 1 aromatic heterocycles. The number of nitrogens with one attached hydrogen (secondary N) is 2. The number of nitrogens with zero attached hydrogens (tertiary/aromatic N) is 2. The number of aromatic nitrogens is 2. The zero-order valence-electron chi connectivity index (χ0n) is 19.1. The van der Waals surface area contributed by atoms with Crippen molar-refractivity contribution in [1.29, 1.82) is 0 Å². The van der Waals surface area contributed by atoms with Crippen molar-refractivity contribution in [2.24, 2.45) is 5.10 Å². The molecule has 0 saturated carbocycles. The fraction of sp³-hybridized carbons (Fsp3) is 0.115. The molecule has 0 bridgehead atoms. The number of H-pyrrole nitrogens is 1. The average molecular weight is 491 g/mol. The van der Waals surface area contributed by atoms with Gasteiger partial charge in [-0.1, -0.05) is 23.7 Å². The topological polar surface area (TPSA) is 97.8 Å². The molecule has 9 heteroatoms. The van der Waals surface area contributed by atoms with Gasteiger partial charge in [-0.15, -0.1) is 0 Å². The van der Waals surface area contributed by atoms with Crippen LogP contribution in [0.1, 0.15) is 21.6 Å². The van der Waals surface area contributed by atoms with Crippen LogP contribution in [0, 0.1) is 0 Å². The van der Waals surface area contributed by atoms with E-state index in [4.69, 9.17) is 25.8 Å². The number of methoxy groups -OCH3 is 2. The van der Waals surface area contributed by atoms with Gasteiger partial charge in [0.2, 0.25) is 0 Å². The fourth-order valence-corrected chi connectivity index (χ4v) is 3.34. The van der Waals surface area contributed by atoms with Crippen molar-refractivity contribution in [3.63, 3.8) is 0 Å². The summed E-state index contributed by atoms with van der Waals surface area (Å²) >= 11 is 5.91. The molecule has 178 valence electrons. The monoisotopic (exact) mass is 490 g/mol. The van der Waals surface area contributed by atoms with Crippen LogP contribution in [-0.4, -0.2) is 36.5 Å². The number of carbonyl (C=O) groups is 1. The summed E-state index contributed by atoms with van der Waals surface area (Å²) in [6.45, 7) is 0.436. The van der Waals surface area contributed by atoms with Gasteiger partial charge >= 0.3 is 0 Å². The SMILES string of the molecule is COc1ccc(OC)c(/C=N/NC(=O)c2cc(-c3ccc(OCc4ccc(Cl)cc4)cc3)n[nH]2)c1. The van der Waals surface area contributed by atoms with Crippen LogP contribution in [0.4, 0.5) is 0 Å². The van der Waals surface area contributed by atoms with Crippen molar-refractivity contribution >= 4 is 23.7 Å². The molecule has 1 amide bonds. The number of amides is 1. The van der Waals surface area contributed by atoms with Gasteiger partial charge < -0.3 is 14.2 Å². The Bertz CT molecular complexity index is 1320. The van der Waals surface area contributed by atoms with Crippen LogP contribution >= 0.6 is 11.6 Å². The Morgan fingerprint density at radius 3 is 2.46 bits per heavy atom. The number of ether oxygens (including phenoxy) is 3. The Labute approximate surface area is 207 Å². The number of hydrogen-bond acceptors (Lipinski definition) is 6. The first-order valence-electron chi connectivity index (χ1n) is 10.6. The van der Waals surface area contributed by atoms with E-state index in [1.807, 2.05) is 48.5 Å². The van der Waals surface area contributed by atoms with Gasteiger partial charge in [-0.05, 0) is 66.2 Å². The standard InChI is InChI=1S/C26H23ClN4O4/c1-33-22-11-12-25(34-2)19(13-22)15-28-31-26(32)24-14-23(29-30-24)18-5-9-21(10-6-18)35-16-17-3-7-20(27)8-4-17/h3-15H,16H2,1-2H3,(H,29,30)(H,31,32)/b28-15+. The molecular formula is C26H23ClN4O4. The Hall–Kier alpha value is -4.30. The minimum absolute atomic E-state index is 0.276. The number of halogens is 1. The first kappa shape index (κ1) is 23.8. The van der Waals surface area contributed by atoms with Crippen molar-refractivity contribution < 1.29 is 19.0 Å². The van der Waals surface area contributed by atoms with Crippen molar-refractivity contribution in [1.82, 2.24) is 15.6 Å². The lowest BCUT2D eigenvalue weighted by Gasteiger charge is -2.07. The maximum absolute atomic E-state index is 12.5. The largest absolute Gasteiger partial charge is 0.497 e. The summed E-state index contributed by atoms with van der Waals surface area (Å²) in [6, 6.07) is 21.9. The quantitative estimate of drug-likeness (QED) is 0.251. The number of rotatable bonds is 9. The normalized spacial score (nSPS) is 10.8. The van der Waals surface area contributed by atoms with E-state index in [1.165, 1.54) is 6.21 Å². The third kappa shape index (κ3) is 6.18. The summed E-state index contributed by atoms with van der Waals surface area (Å²) < 4.78 is 16.3. The van der Waals surface area contributed by atoms with Crippen molar-refractivity contribution in [2.45, 2.75) is 6.61 Å². The van der Waals surface area contributed by atoms with E-state index < -0.39 is 5.91 Å². The van der Waals surface area contributed by atoms with Crippen molar-refractivity contribution in [2.75, 3.05) is 14.2 Å². The molecule has 0 spiro atoms. The van der Waals surface area contributed by atoms with Crippen LogP contribution in [0.5, 0.6) is 17.2 Å². The molecule has 0 aliphatic heterocycles. The van der Waals surface area contributed by atoms with Gasteiger partial charge in [-0.2, -0.15) is 10.2 Å². The van der Waals surface area contributed by atoms with Crippen LogP contribution in [0.15, 0.2) is 77.9 Å². The van der Waals surface area contributed by atoms with Crippen molar-refractivity contribution in [3.05, 3.63) is 94.6 Å². The van der Waals surface area contributed by atoms with Crippen LogP contribution in [0.25, 0.3) is 11.3 Å². The van der Waals surface area contributed by atoms with Crippen LogP contribution < -0.4 is 19.6 Å². The Morgan fingerprint density at radius 1 is 1.00 bits per heavy atom. The molecule has 35 heavy (non-hydrogen) atoms. The van der Waals surface area contributed by atoms with E-state index in [-0.39, 0.29) is 5.69 Å². The summed E-state index contributed by atoms with van der Waals surface area (Å²) in [6.07, 6.45) is 1.49. The Kier molecular flexibility index (Phi) is 7.64. The van der Waals surface area contributed by atoms with E-state index in [1.54, 1.807) is 38.5 Å². The Balaban J connectivity index is 1.35. The molecule has 4 aromatic rings. The number of aromatic amines is 1. The zero-order valence-corrected chi connectivity index (χ0v) is 19.9. The first-order valence-corrected chi connectivity index (χ1v) is 11.0. The molecule has 0 atom stereocenters. The highest BCUT2D eigenvalue weighted by molar-refractivity contribution is 6.30. The molecule has 8 nitrogen and oxygen atoms in total. The summed E-state index contributed by atoms with van der Waals surface area (Å²) in [5, 5.41) is 11.7. The smallest absolute Gasteiger partial charge is 0.289 e. The molecule has 3 aromatic carbocycles. The molecule has 0 unspecified atom stereocenters. The summed E-state index contributed by atoms with van der Waals surface area (Å²) in [5.41, 5.74) is 5.90. The van der Waals surface area contributed by atoms with Gasteiger partial charge in [0.1, 0.15) is 29.5 Å². The molecule has 4 rings (SSSR count). The average Bonchev–Trinajstić information content (AvgIpc) is 3.39. The van der Waals surface area contributed by atoms with Crippen LogP contribution in [0.2, 0.25) is 5.02 Å². The van der Waals surface area contributed by atoms with E-state index in [9.17, 15) is 4.79 Å². The van der Waals surface area contributed by atoms with E-state index >= 15 is 0 Å². The number of carbonyl (C=O) groups excluding carboxylic acids is 1. The second-order valence-electron chi connectivity index (χ2n) is 7.41. The third-order valence-corrected chi connectivity index (χ3v) is 5.35. The van der Waals surface area contributed by atoms with Gasteiger partial charge in [0.05, 0.1) is 26.1 Å². The lowest BCUT2D eigenvalue weighted by atomic mass is 10.1. The summed E-state index contributed by atoms with van der Waals surface area (Å²) in [4.78, 5) is 12.5. The number of hydrogen-bond donors (Lipinski definition) is 2. The van der Waals surface area contributed by atoms with Crippen LogP contribution in [0.3, 0.4) is 0 Å². The Morgan fingerprint density at radius 2 is 1.74 bits per heavy atom.